The van der Waals surface area contributed by atoms with Gasteiger partial charge in [0.2, 0.25) is 5.91 Å². The van der Waals surface area contributed by atoms with Crippen molar-refractivity contribution in [2.24, 2.45) is 0 Å². The zero-order valence-electron chi connectivity index (χ0n) is 18.6. The second-order valence-corrected chi connectivity index (χ2v) is 13.4. The number of benzene rings is 2. The fourth-order valence-corrected chi connectivity index (χ4v) is 4.83. The normalized spacial score (nSPS) is 12.0. The first-order valence-electron chi connectivity index (χ1n) is 10.1. The van der Waals surface area contributed by atoms with Crippen molar-refractivity contribution in [1.82, 2.24) is 5.32 Å². The van der Waals surface area contributed by atoms with Crippen LogP contribution in [0.4, 0.5) is 14.5 Å². The molecule has 6 nitrogen and oxygen atoms in total. The van der Waals surface area contributed by atoms with Gasteiger partial charge in [-0.1, -0.05) is 43.9 Å². The fraction of sp³-hybridized carbons (Fsp3) is 0.348. The number of nitriles is 1. The Morgan fingerprint density at radius 1 is 1.12 bits per heavy atom. The van der Waals surface area contributed by atoms with Gasteiger partial charge in [-0.05, 0) is 23.3 Å². The molecule has 2 rings (SSSR count). The lowest BCUT2D eigenvalue weighted by molar-refractivity contribution is -0.126. The van der Waals surface area contributed by atoms with Crippen LogP contribution >= 0.6 is 0 Å². The Bertz CT molecular complexity index is 992. The second-order valence-electron chi connectivity index (χ2n) is 8.39. The Kier molecular flexibility index (Phi) is 8.63. The summed E-state index contributed by atoms with van der Waals surface area (Å²) < 4.78 is 34.2. The van der Waals surface area contributed by atoms with Gasteiger partial charge in [-0.2, -0.15) is 5.26 Å². The number of methoxy groups -OCH3 is 1. The van der Waals surface area contributed by atoms with Crippen LogP contribution < -0.4 is 15.8 Å². The molecule has 170 valence electrons. The van der Waals surface area contributed by atoms with Crippen molar-refractivity contribution in [2.75, 3.05) is 12.4 Å². The predicted octanol–water partition coefficient (Wildman–Crippen LogP) is 3.76. The third kappa shape index (κ3) is 6.70. The largest absolute Gasteiger partial charge is 0.380 e. The molecule has 2 aromatic rings. The summed E-state index contributed by atoms with van der Waals surface area (Å²) in [5.41, 5.74) is 1.31. The fourth-order valence-electron chi connectivity index (χ4n) is 3.25. The Balaban J connectivity index is 2.31. The Hall–Kier alpha value is -3.09. The molecule has 2 N–H and O–H groups in total. The SMILES string of the molecule is COCc1ccc([C@@H](NC(=O)CCC#N)C(=O)Nc2cc(F)c([Si](C)(C)C)c(F)c2)cc1. The van der Waals surface area contributed by atoms with Gasteiger partial charge in [0.05, 0.1) is 20.7 Å². The zero-order chi connectivity index (χ0) is 23.9. The topological polar surface area (TPSA) is 91.2 Å². The summed E-state index contributed by atoms with van der Waals surface area (Å²) in [6.07, 6.45) is -0.0717. The quantitative estimate of drug-likeness (QED) is 0.559. The van der Waals surface area contributed by atoms with Gasteiger partial charge in [-0.15, -0.1) is 0 Å². The van der Waals surface area contributed by atoms with Crippen LogP contribution in [0.15, 0.2) is 36.4 Å². The van der Waals surface area contributed by atoms with Crippen molar-refractivity contribution < 1.29 is 23.1 Å². The van der Waals surface area contributed by atoms with Crippen LogP contribution in [0.5, 0.6) is 0 Å². The molecule has 32 heavy (non-hydrogen) atoms. The van der Waals surface area contributed by atoms with Gasteiger partial charge in [0.1, 0.15) is 17.7 Å². The summed E-state index contributed by atoms with van der Waals surface area (Å²) >= 11 is 0. The van der Waals surface area contributed by atoms with Gasteiger partial charge in [0.15, 0.2) is 0 Å². The van der Waals surface area contributed by atoms with Crippen LogP contribution in [-0.4, -0.2) is 27.0 Å². The number of carbonyl (C=O) groups is 2. The van der Waals surface area contributed by atoms with Crippen molar-refractivity contribution in [2.45, 2.75) is 45.1 Å². The molecule has 0 fully saturated rings. The summed E-state index contributed by atoms with van der Waals surface area (Å²) in [7, 11) is -0.702. The van der Waals surface area contributed by atoms with Gasteiger partial charge >= 0.3 is 0 Å². The Morgan fingerprint density at radius 3 is 2.22 bits per heavy atom. The summed E-state index contributed by atoms with van der Waals surface area (Å²) in [6, 6.07) is 9.78. The molecule has 2 aromatic carbocycles. The summed E-state index contributed by atoms with van der Waals surface area (Å²) in [5.74, 6) is -2.57. The molecule has 1 atom stereocenters. The number of nitrogens with zero attached hydrogens (tertiary/aromatic N) is 1. The third-order valence-corrected chi connectivity index (χ3v) is 6.69. The minimum Gasteiger partial charge on any atom is -0.380 e. The van der Waals surface area contributed by atoms with Gasteiger partial charge in [-0.25, -0.2) is 8.78 Å². The van der Waals surface area contributed by atoms with Crippen LogP contribution in [0.2, 0.25) is 19.6 Å². The molecule has 0 saturated carbocycles. The van der Waals surface area contributed by atoms with Crippen LogP contribution in [-0.2, 0) is 20.9 Å². The monoisotopic (exact) mass is 459 g/mol. The lowest BCUT2D eigenvalue weighted by Crippen LogP contribution is -2.42. The number of hydrogen-bond donors (Lipinski definition) is 2. The molecule has 0 aliphatic carbocycles. The summed E-state index contributed by atoms with van der Waals surface area (Å²) in [6.45, 7) is 5.86. The molecular formula is C23H27F2N3O3Si. The third-order valence-electron chi connectivity index (χ3n) is 4.72. The minimum absolute atomic E-state index is 0.00151. The van der Waals surface area contributed by atoms with Crippen molar-refractivity contribution in [1.29, 1.82) is 5.26 Å². The molecule has 0 radical (unpaired) electrons. The number of ether oxygens (including phenoxy) is 1. The average molecular weight is 460 g/mol. The smallest absolute Gasteiger partial charge is 0.251 e. The molecule has 0 aliphatic rings. The maximum absolute atomic E-state index is 14.6. The first-order chi connectivity index (χ1) is 15.1. The standard InChI is InChI=1S/C23H27F2N3O3Si/c1-31-14-15-7-9-16(10-8-15)21(28-20(29)6-5-11-26)23(30)27-17-12-18(24)22(19(25)13-17)32(2,3)4/h7-10,12-13,21H,5-6,14H2,1-4H3,(H,27,30)(H,28,29)/t21-/m1/s1. The van der Waals surface area contributed by atoms with E-state index in [1.54, 1.807) is 31.4 Å². The molecule has 0 aromatic heterocycles. The van der Waals surface area contributed by atoms with E-state index in [4.69, 9.17) is 10.00 Å². The number of amides is 2. The van der Waals surface area contributed by atoms with Crippen molar-refractivity contribution in [3.63, 3.8) is 0 Å². The number of hydrogen-bond acceptors (Lipinski definition) is 4. The molecule has 0 aliphatic heterocycles. The first kappa shape index (κ1) is 25.2. The predicted molar refractivity (Wildman–Crippen MR) is 121 cm³/mol. The van der Waals surface area contributed by atoms with E-state index in [2.05, 4.69) is 10.6 Å². The molecule has 9 heteroatoms. The highest BCUT2D eigenvalue weighted by atomic mass is 28.3. The van der Waals surface area contributed by atoms with E-state index in [9.17, 15) is 18.4 Å². The van der Waals surface area contributed by atoms with Gasteiger partial charge in [-0.3, -0.25) is 9.59 Å². The maximum atomic E-state index is 14.6. The average Bonchev–Trinajstić information content (AvgIpc) is 2.69. The summed E-state index contributed by atoms with van der Waals surface area (Å²) in [5, 5.41) is 13.8. The molecule has 0 unspecified atom stereocenters. The lowest BCUT2D eigenvalue weighted by atomic mass is 10.0. The van der Waals surface area contributed by atoms with E-state index in [-0.39, 0.29) is 23.7 Å². The zero-order valence-corrected chi connectivity index (χ0v) is 19.6. The number of halogens is 2. The molecule has 0 heterocycles. The lowest BCUT2D eigenvalue weighted by Gasteiger charge is -2.21. The highest BCUT2D eigenvalue weighted by Gasteiger charge is 2.27. The van der Waals surface area contributed by atoms with E-state index in [0.29, 0.717) is 12.2 Å². The second kappa shape index (κ2) is 11.0. The van der Waals surface area contributed by atoms with Crippen LogP contribution in [0.1, 0.15) is 30.0 Å². The highest BCUT2D eigenvalue weighted by Crippen LogP contribution is 2.20. The van der Waals surface area contributed by atoms with E-state index in [1.807, 2.05) is 25.7 Å². The Morgan fingerprint density at radius 2 is 1.72 bits per heavy atom. The first-order valence-corrected chi connectivity index (χ1v) is 13.6. The highest BCUT2D eigenvalue weighted by molar-refractivity contribution is 6.88. The minimum atomic E-state index is -2.26. The molecule has 0 bridgehead atoms. The van der Waals surface area contributed by atoms with Crippen molar-refractivity contribution in [3.8, 4) is 6.07 Å². The molecular weight excluding hydrogens is 432 g/mol. The number of anilines is 1. The van der Waals surface area contributed by atoms with Gasteiger partial charge in [0.25, 0.3) is 5.91 Å². The van der Waals surface area contributed by atoms with E-state index >= 15 is 0 Å². The summed E-state index contributed by atoms with van der Waals surface area (Å²) in [4.78, 5) is 25.2. The molecule has 0 saturated heterocycles. The van der Waals surface area contributed by atoms with E-state index in [0.717, 1.165) is 17.7 Å². The molecule has 2 amide bonds. The number of nitrogens with one attached hydrogen (secondary N) is 2. The van der Waals surface area contributed by atoms with Gasteiger partial charge in [0, 0.05) is 30.8 Å². The van der Waals surface area contributed by atoms with E-state index in [1.165, 1.54) is 0 Å². The number of carbonyl (C=O) groups excluding carboxylic acids is 2. The van der Waals surface area contributed by atoms with Crippen LogP contribution in [0.25, 0.3) is 0 Å². The van der Waals surface area contributed by atoms with Crippen molar-refractivity contribution >= 4 is 30.8 Å². The number of rotatable bonds is 9. The van der Waals surface area contributed by atoms with E-state index < -0.39 is 37.6 Å². The molecule has 0 spiro atoms. The Labute approximate surface area is 187 Å². The van der Waals surface area contributed by atoms with Crippen LogP contribution in [0, 0.1) is 23.0 Å². The van der Waals surface area contributed by atoms with Crippen LogP contribution in [0.3, 0.4) is 0 Å². The van der Waals surface area contributed by atoms with Crippen molar-refractivity contribution in [3.05, 3.63) is 59.2 Å². The van der Waals surface area contributed by atoms with Gasteiger partial charge < -0.3 is 15.4 Å². The maximum Gasteiger partial charge on any atom is 0.251 e.